The van der Waals surface area contributed by atoms with E-state index in [1.165, 1.54) is 0 Å². The molecule has 1 aliphatic heterocycles. The average molecular weight is 581 g/mol. The Morgan fingerprint density at radius 1 is 0.581 bits per heavy atom. The smallest absolute Gasteiger partial charge is 0.164 e. The summed E-state index contributed by atoms with van der Waals surface area (Å²) in [6.45, 7) is 3.40. The zero-order chi connectivity index (χ0) is 29.7. The van der Waals surface area contributed by atoms with E-state index in [1.807, 2.05) is 121 Å². The molecule has 0 saturated carbocycles. The molecule has 0 spiro atoms. The molecule has 1 fully saturated rings. The first-order valence-electron chi connectivity index (χ1n) is 14.9. The molecule has 1 saturated heterocycles. The normalized spacial score (nSPS) is 21.8. The maximum absolute atomic E-state index is 12.6. The fourth-order valence-corrected chi connectivity index (χ4v) is 5.38. The Hall–Kier alpha value is -3.65. The Morgan fingerprint density at radius 2 is 1.00 bits per heavy atom. The van der Waals surface area contributed by atoms with Crippen molar-refractivity contribution in [2.75, 3.05) is 6.61 Å². The first-order valence-corrected chi connectivity index (χ1v) is 14.9. The molecule has 0 aliphatic carbocycles. The molecule has 0 radical (unpaired) electrons. The Labute approximate surface area is 254 Å². The predicted molar refractivity (Wildman–Crippen MR) is 165 cm³/mol. The molecule has 5 rings (SSSR count). The largest absolute Gasteiger partial charge is 0.374 e. The quantitative estimate of drug-likeness (QED) is 0.152. The summed E-state index contributed by atoms with van der Waals surface area (Å²) in [7, 11) is 0. The zero-order valence-electron chi connectivity index (χ0n) is 24.6. The topological polar surface area (TPSA) is 63.2 Å². The van der Waals surface area contributed by atoms with Crippen molar-refractivity contribution < 1.29 is 28.5 Å². The van der Waals surface area contributed by atoms with Gasteiger partial charge in [-0.25, -0.2) is 0 Å². The van der Waals surface area contributed by atoms with E-state index in [0.717, 1.165) is 22.3 Å². The fraction of sp³-hybridized carbons (Fsp3) is 0.324. The van der Waals surface area contributed by atoms with E-state index in [-0.39, 0.29) is 24.7 Å². The third kappa shape index (κ3) is 9.42. The number of carbonyl (C=O) groups excluding carboxylic acids is 1. The van der Waals surface area contributed by atoms with Gasteiger partial charge in [0.2, 0.25) is 0 Å². The summed E-state index contributed by atoms with van der Waals surface area (Å²) in [5.41, 5.74) is 4.17. The lowest BCUT2D eigenvalue weighted by atomic mass is 9.86. The molecule has 0 N–H and O–H groups in total. The van der Waals surface area contributed by atoms with Crippen LogP contribution in [0.1, 0.15) is 35.6 Å². The summed E-state index contributed by atoms with van der Waals surface area (Å²) >= 11 is 0. The van der Waals surface area contributed by atoms with E-state index in [1.54, 1.807) is 6.92 Å². The van der Waals surface area contributed by atoms with Crippen LogP contribution in [-0.4, -0.2) is 37.0 Å². The second kappa shape index (κ2) is 16.3. The minimum Gasteiger partial charge on any atom is -0.374 e. The van der Waals surface area contributed by atoms with Gasteiger partial charge in [0, 0.05) is 12.3 Å². The van der Waals surface area contributed by atoms with Crippen LogP contribution in [0.3, 0.4) is 0 Å². The van der Waals surface area contributed by atoms with Crippen molar-refractivity contribution in [3.8, 4) is 0 Å². The summed E-state index contributed by atoms with van der Waals surface area (Å²) < 4.78 is 32.5. The standard InChI is InChI=1S/C37H40O6/c1-28(38)22-33-35(40-24-30-16-8-3-9-17-30)36(41-25-31-18-10-4-11-19-31)34(27-39-23-29-14-6-2-7-15-29)43-37(33)42-26-32-20-12-5-13-21-32/h2-21,33-37H,22-27H2,1H3/t33-,34-,35-,36-,37-/m1/s1. The van der Waals surface area contributed by atoms with Gasteiger partial charge in [-0.2, -0.15) is 0 Å². The molecule has 224 valence electrons. The maximum atomic E-state index is 12.6. The number of Topliss-reactive ketones (excluding diaryl/α,β-unsaturated/α-hetero) is 1. The second-order valence-electron chi connectivity index (χ2n) is 10.9. The maximum Gasteiger partial charge on any atom is 0.164 e. The van der Waals surface area contributed by atoms with Gasteiger partial charge < -0.3 is 28.5 Å². The highest BCUT2D eigenvalue weighted by Crippen LogP contribution is 2.35. The first-order chi connectivity index (χ1) is 21.2. The van der Waals surface area contributed by atoms with Crippen molar-refractivity contribution in [2.24, 2.45) is 5.92 Å². The molecule has 1 heterocycles. The number of benzene rings is 4. The van der Waals surface area contributed by atoms with Crippen molar-refractivity contribution in [3.05, 3.63) is 144 Å². The molecule has 0 amide bonds. The van der Waals surface area contributed by atoms with Gasteiger partial charge in [-0.15, -0.1) is 0 Å². The van der Waals surface area contributed by atoms with Gasteiger partial charge in [0.05, 0.1) is 39.1 Å². The minimum absolute atomic E-state index is 0.0378. The van der Waals surface area contributed by atoms with Crippen LogP contribution < -0.4 is 0 Å². The highest BCUT2D eigenvalue weighted by Gasteiger charge is 2.48. The lowest BCUT2D eigenvalue weighted by Gasteiger charge is -2.46. The Morgan fingerprint density at radius 3 is 1.47 bits per heavy atom. The van der Waals surface area contributed by atoms with Gasteiger partial charge in [-0.3, -0.25) is 0 Å². The number of hydrogen-bond donors (Lipinski definition) is 0. The molecule has 4 aromatic carbocycles. The number of ether oxygens (including phenoxy) is 5. The van der Waals surface area contributed by atoms with Gasteiger partial charge in [0.1, 0.15) is 18.0 Å². The predicted octanol–water partition coefficient (Wildman–Crippen LogP) is 6.91. The van der Waals surface area contributed by atoms with E-state index < -0.39 is 24.6 Å². The van der Waals surface area contributed by atoms with E-state index in [4.69, 9.17) is 23.7 Å². The van der Waals surface area contributed by atoms with Gasteiger partial charge in [0.25, 0.3) is 0 Å². The summed E-state index contributed by atoms with van der Waals surface area (Å²) in [5.74, 6) is -0.341. The highest BCUT2D eigenvalue weighted by molar-refractivity contribution is 5.75. The number of rotatable bonds is 15. The average Bonchev–Trinajstić information content (AvgIpc) is 3.05. The summed E-state index contributed by atoms with van der Waals surface area (Å²) in [6, 6.07) is 40.1. The lowest BCUT2D eigenvalue weighted by Crippen LogP contribution is -2.58. The van der Waals surface area contributed by atoms with Crippen LogP contribution in [0.4, 0.5) is 0 Å². The van der Waals surface area contributed by atoms with Crippen LogP contribution in [0.5, 0.6) is 0 Å². The van der Waals surface area contributed by atoms with Crippen LogP contribution in [0.25, 0.3) is 0 Å². The number of ketones is 1. The zero-order valence-corrected chi connectivity index (χ0v) is 24.6. The fourth-order valence-electron chi connectivity index (χ4n) is 5.38. The van der Waals surface area contributed by atoms with Crippen molar-refractivity contribution >= 4 is 5.78 Å². The molecule has 5 atom stereocenters. The molecule has 0 bridgehead atoms. The first kappa shape index (κ1) is 30.8. The van der Waals surface area contributed by atoms with E-state index in [9.17, 15) is 4.79 Å². The third-order valence-corrected chi connectivity index (χ3v) is 7.52. The second-order valence-corrected chi connectivity index (χ2v) is 10.9. The van der Waals surface area contributed by atoms with Crippen LogP contribution in [-0.2, 0) is 54.9 Å². The molecule has 0 aromatic heterocycles. The monoisotopic (exact) mass is 580 g/mol. The van der Waals surface area contributed by atoms with Crippen LogP contribution in [0.2, 0.25) is 0 Å². The minimum atomic E-state index is -0.688. The van der Waals surface area contributed by atoms with Crippen molar-refractivity contribution in [2.45, 2.75) is 64.4 Å². The van der Waals surface area contributed by atoms with E-state index >= 15 is 0 Å². The van der Waals surface area contributed by atoms with Crippen molar-refractivity contribution in [1.82, 2.24) is 0 Å². The van der Waals surface area contributed by atoms with E-state index in [0.29, 0.717) is 26.4 Å². The number of carbonyl (C=O) groups is 1. The van der Waals surface area contributed by atoms with Crippen molar-refractivity contribution in [3.63, 3.8) is 0 Å². The molecular formula is C37H40O6. The highest BCUT2D eigenvalue weighted by atomic mass is 16.7. The van der Waals surface area contributed by atoms with Crippen molar-refractivity contribution in [1.29, 1.82) is 0 Å². The molecule has 4 aromatic rings. The lowest BCUT2D eigenvalue weighted by molar-refractivity contribution is -0.307. The Kier molecular flexibility index (Phi) is 11.6. The van der Waals surface area contributed by atoms with Gasteiger partial charge in [0.15, 0.2) is 6.29 Å². The van der Waals surface area contributed by atoms with E-state index in [2.05, 4.69) is 0 Å². The summed E-state index contributed by atoms with van der Waals surface area (Å²) in [6.07, 6.45) is -1.92. The molecule has 6 nitrogen and oxygen atoms in total. The SMILES string of the molecule is CC(=O)C[C@H]1[C@H](OCc2ccccc2)O[C@H](COCc2ccccc2)[C@@H](OCc2ccccc2)[C@@H]1OCc1ccccc1. The molecule has 43 heavy (non-hydrogen) atoms. The van der Waals surface area contributed by atoms with Gasteiger partial charge >= 0.3 is 0 Å². The molecule has 6 heteroatoms. The van der Waals surface area contributed by atoms with Crippen LogP contribution in [0, 0.1) is 5.92 Å². The van der Waals surface area contributed by atoms with Gasteiger partial charge in [-0.1, -0.05) is 121 Å². The molecular weight excluding hydrogens is 540 g/mol. The third-order valence-electron chi connectivity index (χ3n) is 7.52. The Bertz CT molecular complexity index is 1350. The Balaban J connectivity index is 1.41. The van der Waals surface area contributed by atoms with Crippen LogP contribution >= 0.6 is 0 Å². The molecule has 0 unspecified atom stereocenters. The van der Waals surface area contributed by atoms with Gasteiger partial charge in [-0.05, 0) is 29.2 Å². The summed E-state index contributed by atoms with van der Waals surface area (Å²) in [4.78, 5) is 12.6. The van der Waals surface area contributed by atoms with Crippen LogP contribution in [0.15, 0.2) is 121 Å². The number of hydrogen-bond acceptors (Lipinski definition) is 6. The molecule has 1 aliphatic rings. The summed E-state index contributed by atoms with van der Waals surface area (Å²) in [5, 5.41) is 0.